The van der Waals surface area contributed by atoms with E-state index in [1.807, 2.05) is 38.4 Å². The maximum Gasteiger partial charge on any atom is 0.285 e. The number of rotatable bonds is 8. The van der Waals surface area contributed by atoms with E-state index in [0.717, 1.165) is 17.9 Å². The number of amidine groups is 1. The zero-order valence-electron chi connectivity index (χ0n) is 16.2. The average molecular weight is 418 g/mol. The van der Waals surface area contributed by atoms with Crippen molar-refractivity contribution in [1.82, 2.24) is 10.2 Å². The molecule has 29 heavy (non-hydrogen) atoms. The summed E-state index contributed by atoms with van der Waals surface area (Å²) < 4.78 is 33.7. The van der Waals surface area contributed by atoms with Gasteiger partial charge in [-0.1, -0.05) is 18.2 Å². The van der Waals surface area contributed by atoms with Crippen LogP contribution in [0.5, 0.6) is 5.75 Å². The minimum absolute atomic E-state index is 0.000260. The molecule has 0 fully saturated rings. The van der Waals surface area contributed by atoms with Crippen LogP contribution < -0.4 is 10.1 Å². The summed E-state index contributed by atoms with van der Waals surface area (Å²) >= 11 is 0. The highest BCUT2D eigenvalue weighted by Crippen LogP contribution is 2.32. The standard InChI is InChI=1S/C19H22N4O5S/c1-22(2)13-14-6-3-7-15(12-14)28-11-5-10-20-19-18-16(23(24)25)8-4-9-17(18)29(26,27)21-19/h3-4,6-9,12H,5,10-11,13H2,1-2H3,(H,20,21). The van der Waals surface area contributed by atoms with E-state index in [9.17, 15) is 18.5 Å². The van der Waals surface area contributed by atoms with Gasteiger partial charge in [-0.05, 0) is 44.3 Å². The molecule has 0 atom stereocenters. The van der Waals surface area contributed by atoms with Gasteiger partial charge in [-0.15, -0.1) is 4.40 Å². The molecule has 0 radical (unpaired) electrons. The van der Waals surface area contributed by atoms with E-state index in [-0.39, 0.29) is 22.0 Å². The molecule has 0 aliphatic carbocycles. The number of benzene rings is 2. The second-order valence-corrected chi connectivity index (χ2v) is 8.41. The van der Waals surface area contributed by atoms with E-state index >= 15 is 0 Å². The number of nitrogens with zero attached hydrogens (tertiary/aromatic N) is 3. The zero-order valence-corrected chi connectivity index (χ0v) is 17.0. The Morgan fingerprint density at radius 3 is 2.69 bits per heavy atom. The van der Waals surface area contributed by atoms with Gasteiger partial charge in [0.15, 0.2) is 5.84 Å². The Balaban J connectivity index is 1.58. The van der Waals surface area contributed by atoms with Crippen molar-refractivity contribution >= 4 is 21.5 Å². The summed E-state index contributed by atoms with van der Waals surface area (Å²) in [6.45, 7) is 1.57. The summed E-state index contributed by atoms with van der Waals surface area (Å²) in [7, 11) is 0.0619. The summed E-state index contributed by atoms with van der Waals surface area (Å²) in [5.74, 6) is 0.756. The molecule has 0 spiro atoms. The van der Waals surface area contributed by atoms with Crippen LogP contribution in [0.15, 0.2) is 51.8 Å². The second kappa shape index (κ2) is 8.58. The molecule has 0 amide bonds. The largest absolute Gasteiger partial charge is 0.494 e. The maximum atomic E-state index is 12.1. The predicted octanol–water partition coefficient (Wildman–Crippen LogP) is 2.16. The Hall–Kier alpha value is -2.98. The minimum Gasteiger partial charge on any atom is -0.494 e. The number of ether oxygens (including phenoxy) is 1. The lowest BCUT2D eigenvalue weighted by Gasteiger charge is -2.12. The van der Waals surface area contributed by atoms with Crippen molar-refractivity contribution in [2.45, 2.75) is 17.9 Å². The molecule has 10 heteroatoms. The molecular weight excluding hydrogens is 396 g/mol. The van der Waals surface area contributed by atoms with Crippen molar-refractivity contribution in [2.24, 2.45) is 4.40 Å². The number of fused-ring (bicyclic) bond motifs is 1. The summed E-state index contributed by atoms with van der Waals surface area (Å²) in [4.78, 5) is 12.6. The average Bonchev–Trinajstić information content (AvgIpc) is 2.92. The summed E-state index contributed by atoms with van der Waals surface area (Å²) in [6.07, 6.45) is 0.562. The first kappa shape index (κ1) is 20.7. The van der Waals surface area contributed by atoms with Crippen LogP contribution in [0.1, 0.15) is 17.5 Å². The molecule has 3 rings (SSSR count). The van der Waals surface area contributed by atoms with Crippen LogP contribution in [0, 0.1) is 10.1 Å². The molecular formula is C19H22N4O5S. The van der Waals surface area contributed by atoms with Gasteiger partial charge in [0.1, 0.15) is 16.2 Å². The number of hydrogen-bond donors (Lipinski definition) is 1. The van der Waals surface area contributed by atoms with Gasteiger partial charge in [0.25, 0.3) is 15.7 Å². The number of nitro groups is 1. The molecule has 1 N–H and O–H groups in total. The van der Waals surface area contributed by atoms with Crippen LogP contribution in [0.4, 0.5) is 5.69 Å². The van der Waals surface area contributed by atoms with Crippen molar-refractivity contribution in [1.29, 1.82) is 0 Å². The third kappa shape index (κ3) is 4.90. The second-order valence-electron chi connectivity index (χ2n) is 6.84. The Bertz CT molecular complexity index is 1050. The molecule has 0 bridgehead atoms. The number of sulfonamides is 1. The first-order chi connectivity index (χ1) is 13.8. The monoisotopic (exact) mass is 418 g/mol. The van der Waals surface area contributed by atoms with Gasteiger partial charge in [0.2, 0.25) is 0 Å². The summed E-state index contributed by atoms with van der Waals surface area (Å²) in [5, 5.41) is 14.1. The molecule has 0 saturated heterocycles. The Kier molecular flexibility index (Phi) is 6.14. The van der Waals surface area contributed by atoms with Crippen LogP contribution in [0.25, 0.3) is 0 Å². The Labute approximate surface area is 169 Å². The molecule has 1 aliphatic rings. The van der Waals surface area contributed by atoms with Crippen molar-refractivity contribution in [2.75, 3.05) is 27.2 Å². The molecule has 154 valence electrons. The quantitative estimate of drug-likeness (QED) is 0.397. The molecule has 9 nitrogen and oxygen atoms in total. The van der Waals surface area contributed by atoms with Gasteiger partial charge in [-0.2, -0.15) is 8.42 Å². The van der Waals surface area contributed by atoms with Gasteiger partial charge < -0.3 is 15.0 Å². The lowest BCUT2D eigenvalue weighted by Crippen LogP contribution is -2.26. The summed E-state index contributed by atoms with van der Waals surface area (Å²) in [5.41, 5.74) is 0.860. The fourth-order valence-corrected chi connectivity index (χ4v) is 4.23. The van der Waals surface area contributed by atoms with Crippen LogP contribution in [0.2, 0.25) is 0 Å². The predicted molar refractivity (Wildman–Crippen MR) is 109 cm³/mol. The maximum absolute atomic E-state index is 12.1. The highest BCUT2D eigenvalue weighted by molar-refractivity contribution is 7.90. The third-order valence-electron chi connectivity index (χ3n) is 4.21. The SMILES string of the molecule is CN(C)Cc1cccc(OCCCNC2=NS(=O)(=O)c3cccc([N+](=O)[O-])c32)c1. The van der Waals surface area contributed by atoms with Crippen LogP contribution in [0.3, 0.4) is 0 Å². The van der Waals surface area contributed by atoms with Crippen LogP contribution >= 0.6 is 0 Å². The molecule has 2 aromatic rings. The van der Waals surface area contributed by atoms with E-state index in [2.05, 4.69) is 14.6 Å². The molecule has 2 aromatic carbocycles. The number of nitrogens with one attached hydrogen (secondary N) is 1. The Morgan fingerprint density at radius 2 is 1.97 bits per heavy atom. The highest BCUT2D eigenvalue weighted by Gasteiger charge is 2.35. The first-order valence-corrected chi connectivity index (χ1v) is 10.4. The van der Waals surface area contributed by atoms with Crippen LogP contribution in [-0.2, 0) is 16.6 Å². The van der Waals surface area contributed by atoms with Gasteiger partial charge >= 0.3 is 0 Å². The smallest absolute Gasteiger partial charge is 0.285 e. The van der Waals surface area contributed by atoms with E-state index in [1.165, 1.54) is 18.2 Å². The first-order valence-electron chi connectivity index (χ1n) is 9.01. The van der Waals surface area contributed by atoms with Gasteiger partial charge in [0, 0.05) is 19.2 Å². The van der Waals surface area contributed by atoms with Crippen molar-refractivity contribution in [3.8, 4) is 5.75 Å². The van der Waals surface area contributed by atoms with Crippen molar-refractivity contribution in [3.05, 3.63) is 63.7 Å². The van der Waals surface area contributed by atoms with Gasteiger partial charge in [-0.3, -0.25) is 10.1 Å². The fraction of sp³-hybridized carbons (Fsp3) is 0.316. The van der Waals surface area contributed by atoms with Crippen molar-refractivity contribution < 1.29 is 18.1 Å². The normalized spacial score (nSPS) is 14.4. The zero-order chi connectivity index (χ0) is 21.0. The lowest BCUT2D eigenvalue weighted by atomic mass is 10.1. The van der Waals surface area contributed by atoms with E-state index in [4.69, 9.17) is 4.74 Å². The van der Waals surface area contributed by atoms with E-state index in [0.29, 0.717) is 19.6 Å². The van der Waals surface area contributed by atoms with Gasteiger partial charge in [0.05, 0.1) is 11.5 Å². The van der Waals surface area contributed by atoms with Gasteiger partial charge in [-0.25, -0.2) is 0 Å². The third-order valence-corrected chi connectivity index (χ3v) is 5.53. The van der Waals surface area contributed by atoms with E-state index in [1.54, 1.807) is 0 Å². The Morgan fingerprint density at radius 1 is 1.21 bits per heavy atom. The molecule has 1 aliphatic heterocycles. The topological polar surface area (TPSA) is 114 Å². The van der Waals surface area contributed by atoms with E-state index < -0.39 is 14.9 Å². The van der Waals surface area contributed by atoms with Crippen molar-refractivity contribution in [3.63, 3.8) is 0 Å². The molecule has 0 aromatic heterocycles. The summed E-state index contributed by atoms with van der Waals surface area (Å²) in [6, 6.07) is 11.7. The highest BCUT2D eigenvalue weighted by atomic mass is 32.2. The number of nitro benzene ring substituents is 1. The van der Waals surface area contributed by atoms with Crippen LogP contribution in [-0.4, -0.2) is 51.3 Å². The lowest BCUT2D eigenvalue weighted by molar-refractivity contribution is -0.385. The minimum atomic E-state index is -3.93. The number of hydrogen-bond acceptors (Lipinski definition) is 7. The molecule has 0 unspecified atom stereocenters. The molecule has 1 heterocycles. The fourth-order valence-electron chi connectivity index (χ4n) is 3.03. The molecule has 0 saturated carbocycles.